The maximum atomic E-state index is 2.49. The maximum absolute atomic E-state index is 2.49. The molecule has 4 heteroatoms. The number of aromatic nitrogens is 3. The van der Waals surface area contributed by atoms with Gasteiger partial charge in [0.2, 0.25) is 16.6 Å². The molecule has 40 heavy (non-hydrogen) atoms. The minimum atomic E-state index is 0.473. The van der Waals surface area contributed by atoms with E-state index in [1.807, 2.05) is 0 Å². The number of nitrogens with zero attached hydrogens (tertiary/aromatic N) is 3. The highest BCUT2D eigenvalue weighted by Crippen LogP contribution is 2.33. The van der Waals surface area contributed by atoms with Gasteiger partial charge in [0.15, 0.2) is 12.4 Å². The van der Waals surface area contributed by atoms with Gasteiger partial charge in [0, 0.05) is 30.0 Å². The number of hydrogen-bond acceptors (Lipinski definition) is 0. The Kier molecular flexibility index (Phi) is 6.83. The molecular formula is C36H36N3P+2. The lowest BCUT2D eigenvalue weighted by Crippen LogP contribution is -2.23. The molecule has 8 rings (SSSR count). The zero-order chi connectivity index (χ0) is 26.9. The highest BCUT2D eigenvalue weighted by Gasteiger charge is 2.22. The number of benzene rings is 3. The Morgan fingerprint density at radius 3 is 2.20 bits per heavy atom. The third-order valence-electron chi connectivity index (χ3n) is 8.30. The molecule has 3 nitrogen and oxygen atoms in total. The molecule has 3 aromatic carbocycles. The normalized spacial score (nSPS) is 12.0. The van der Waals surface area contributed by atoms with Gasteiger partial charge in [-0.05, 0) is 66.9 Å². The molecule has 0 amide bonds. The summed E-state index contributed by atoms with van der Waals surface area (Å²) in [6.45, 7) is 2.28. The van der Waals surface area contributed by atoms with E-state index >= 15 is 0 Å². The van der Waals surface area contributed by atoms with E-state index in [1.165, 1.54) is 93.2 Å². The predicted molar refractivity (Wildman–Crippen MR) is 170 cm³/mol. The molecule has 0 aliphatic rings. The van der Waals surface area contributed by atoms with Crippen LogP contribution in [-0.2, 0) is 6.42 Å². The van der Waals surface area contributed by atoms with Crippen LogP contribution < -0.4 is 8.56 Å². The van der Waals surface area contributed by atoms with Crippen molar-refractivity contribution in [2.45, 2.75) is 51.9 Å². The highest BCUT2D eigenvalue weighted by molar-refractivity contribution is 7.29. The Morgan fingerprint density at radius 1 is 0.625 bits per heavy atom. The Hall–Kier alpha value is -3.94. The largest absolute Gasteiger partial charge is 0.303 e. The fourth-order valence-corrected chi connectivity index (χ4v) is 7.65. The van der Waals surface area contributed by atoms with Crippen LogP contribution >= 0.6 is 8.35 Å². The number of unbranched alkanes of at least 4 members (excludes halogenated alkanes) is 5. The number of rotatable bonds is 8. The van der Waals surface area contributed by atoms with Crippen molar-refractivity contribution in [1.82, 2.24) is 4.57 Å². The minimum Gasteiger partial charge on any atom is -0.303 e. The summed E-state index contributed by atoms with van der Waals surface area (Å²) in [6, 6.07) is 36.1. The quantitative estimate of drug-likeness (QED) is 0.135. The molecule has 0 saturated carbocycles. The highest BCUT2D eigenvalue weighted by atomic mass is 31.0. The van der Waals surface area contributed by atoms with Crippen molar-refractivity contribution in [2.24, 2.45) is 0 Å². The molecule has 1 unspecified atom stereocenters. The van der Waals surface area contributed by atoms with Crippen LogP contribution in [0.2, 0.25) is 0 Å². The molecule has 0 saturated heterocycles. The first-order valence-corrected chi connectivity index (χ1v) is 15.7. The molecule has 198 valence electrons. The lowest BCUT2D eigenvalue weighted by molar-refractivity contribution is -0.479. The first kappa shape index (κ1) is 25.1. The summed E-state index contributed by atoms with van der Waals surface area (Å²) in [6.07, 6.45) is 13.6. The van der Waals surface area contributed by atoms with Gasteiger partial charge in [-0.2, -0.15) is 8.56 Å². The molecule has 0 N–H and O–H groups in total. The summed E-state index contributed by atoms with van der Waals surface area (Å²) in [5.74, 6) is 0. The molecule has 0 fully saturated rings. The monoisotopic (exact) mass is 541 g/mol. The molecule has 8 aromatic rings. The van der Waals surface area contributed by atoms with Gasteiger partial charge >= 0.3 is 0 Å². The maximum Gasteiger partial charge on any atom is 0.249 e. The number of hydrogen-bond donors (Lipinski definition) is 0. The summed E-state index contributed by atoms with van der Waals surface area (Å²) in [5, 5.41) is 3.91. The average molecular weight is 542 g/mol. The van der Waals surface area contributed by atoms with E-state index in [1.54, 1.807) is 0 Å². The summed E-state index contributed by atoms with van der Waals surface area (Å²) < 4.78 is 7.33. The summed E-state index contributed by atoms with van der Waals surface area (Å²) in [5.41, 5.74) is 8.82. The number of para-hydroxylation sites is 1. The van der Waals surface area contributed by atoms with Crippen LogP contribution in [0, 0.1) is 0 Å². The van der Waals surface area contributed by atoms with E-state index in [0.717, 1.165) is 6.42 Å². The summed E-state index contributed by atoms with van der Waals surface area (Å²) in [7, 11) is 0.473. The van der Waals surface area contributed by atoms with Crippen molar-refractivity contribution < 1.29 is 8.56 Å². The first-order chi connectivity index (χ1) is 19.8. The van der Waals surface area contributed by atoms with Crippen molar-refractivity contribution >= 4 is 51.8 Å². The van der Waals surface area contributed by atoms with Crippen LogP contribution in [0.25, 0.3) is 49.2 Å². The third kappa shape index (κ3) is 4.39. The van der Waals surface area contributed by atoms with Gasteiger partial charge in [0.1, 0.15) is 19.3 Å². The van der Waals surface area contributed by atoms with Crippen molar-refractivity contribution in [1.29, 1.82) is 0 Å². The Bertz CT molecular complexity index is 1990. The van der Waals surface area contributed by atoms with Crippen LogP contribution in [0.5, 0.6) is 0 Å². The molecular weight excluding hydrogens is 505 g/mol. The molecule has 5 aromatic heterocycles. The zero-order valence-electron chi connectivity index (χ0n) is 23.2. The summed E-state index contributed by atoms with van der Waals surface area (Å²) >= 11 is 0. The second-order valence-corrected chi connectivity index (χ2v) is 12.1. The van der Waals surface area contributed by atoms with Crippen LogP contribution in [0.1, 0.15) is 51.0 Å². The average Bonchev–Trinajstić information content (AvgIpc) is 3.07. The van der Waals surface area contributed by atoms with Gasteiger partial charge < -0.3 is 4.57 Å². The van der Waals surface area contributed by atoms with Crippen LogP contribution in [0.15, 0.2) is 109 Å². The molecule has 6 bridgehead atoms. The zero-order valence-corrected chi connectivity index (χ0v) is 24.2. The van der Waals surface area contributed by atoms with Gasteiger partial charge in [-0.15, -0.1) is 0 Å². The van der Waals surface area contributed by atoms with Gasteiger partial charge in [0.25, 0.3) is 0 Å². The number of pyridine rings is 2. The van der Waals surface area contributed by atoms with Crippen molar-refractivity contribution in [3.63, 3.8) is 0 Å². The van der Waals surface area contributed by atoms with E-state index in [4.69, 9.17) is 0 Å². The van der Waals surface area contributed by atoms with Gasteiger partial charge in [-0.1, -0.05) is 63.3 Å². The van der Waals surface area contributed by atoms with E-state index in [9.17, 15) is 0 Å². The van der Waals surface area contributed by atoms with Crippen molar-refractivity contribution in [3.05, 3.63) is 115 Å². The number of aryl methyl sites for hydroxylation is 1. The predicted octanol–water partition coefficient (Wildman–Crippen LogP) is 8.91. The Morgan fingerprint density at radius 2 is 1.35 bits per heavy atom. The smallest absolute Gasteiger partial charge is 0.249 e. The third-order valence-corrected chi connectivity index (χ3v) is 9.68. The minimum absolute atomic E-state index is 0.473. The second kappa shape index (κ2) is 10.9. The van der Waals surface area contributed by atoms with Crippen molar-refractivity contribution in [2.75, 3.05) is 0 Å². The first-order valence-electron chi connectivity index (χ1n) is 14.8. The SMILES string of the molecule is CCCCCCCCc1ccc(-n2c3cccc4c3[pH][n+]3ccccc3c3cccc2c3[n+]2ccccc42)cc1. The molecule has 1 atom stereocenters. The van der Waals surface area contributed by atoms with Gasteiger partial charge in [0.05, 0.1) is 16.0 Å². The second-order valence-electron chi connectivity index (χ2n) is 10.9. The fourth-order valence-electron chi connectivity index (χ4n) is 6.30. The van der Waals surface area contributed by atoms with Gasteiger partial charge in [-0.3, -0.25) is 0 Å². The van der Waals surface area contributed by atoms with Crippen molar-refractivity contribution in [3.8, 4) is 5.69 Å². The Balaban J connectivity index is 1.51. The molecule has 0 radical (unpaired) electrons. The van der Waals surface area contributed by atoms with E-state index in [0.29, 0.717) is 8.35 Å². The topological polar surface area (TPSA) is 13.1 Å². The molecule has 0 spiro atoms. The van der Waals surface area contributed by atoms with E-state index in [-0.39, 0.29) is 0 Å². The van der Waals surface area contributed by atoms with E-state index < -0.39 is 0 Å². The van der Waals surface area contributed by atoms with E-state index in [2.05, 4.69) is 130 Å². The molecule has 5 heterocycles. The van der Waals surface area contributed by atoms with Crippen LogP contribution in [-0.4, -0.2) is 4.57 Å². The standard InChI is InChI=1S/C36H36N3P/c1-2-3-4-5-6-7-14-27-21-23-28(24-22-27)39-33-19-12-15-29-32-18-9-11-26-38(32)40-36-30(16-13-20-34(36)39)31-17-8-10-25-37(31)35(29)33/h8-13,15-26,40H,2-7,14H2,1H3/q+2. The lowest BCUT2D eigenvalue weighted by Gasteiger charge is -2.14. The molecule has 0 aliphatic carbocycles. The summed E-state index contributed by atoms with van der Waals surface area (Å²) in [4.78, 5) is 0. The van der Waals surface area contributed by atoms with Crippen LogP contribution in [0.4, 0.5) is 0 Å². The fraction of sp³-hybridized carbons (Fsp3) is 0.222. The molecule has 0 aliphatic heterocycles. The lowest BCUT2D eigenvalue weighted by atomic mass is 10.0. The van der Waals surface area contributed by atoms with Crippen LogP contribution in [0.3, 0.4) is 0 Å². The van der Waals surface area contributed by atoms with Gasteiger partial charge in [-0.25, -0.2) is 0 Å². The Labute approximate surface area is 237 Å².